The number of primary amides is 1. The molecule has 0 radical (unpaired) electrons. The molecule has 125 heavy (non-hydrogen) atoms. The molecule has 0 aromatic heterocycles. The molecule has 1 aliphatic carbocycles. The van der Waals surface area contributed by atoms with Crippen LogP contribution in [0.15, 0.2) is 127 Å². The number of aliphatic hydroxyl groups excluding tert-OH is 6. The van der Waals surface area contributed by atoms with Crippen LogP contribution in [0.4, 0.5) is 0 Å². The highest BCUT2D eigenvalue weighted by Gasteiger charge is 2.53. The van der Waals surface area contributed by atoms with Crippen molar-refractivity contribution in [2.75, 3.05) is 13.7 Å². The molecule has 14 unspecified atom stereocenters. The van der Waals surface area contributed by atoms with E-state index in [4.69, 9.17) is 79.4 Å². The first-order valence-electron chi connectivity index (χ1n) is 40.4. The summed E-state index contributed by atoms with van der Waals surface area (Å²) >= 11 is 20.9. The molecule has 15 rings (SSSR count). The van der Waals surface area contributed by atoms with Crippen molar-refractivity contribution in [3.63, 3.8) is 0 Å². The van der Waals surface area contributed by atoms with Gasteiger partial charge < -0.3 is 138 Å². The topological polar surface area (TPSA) is 552 Å². The average molecular weight is 1790 g/mol. The SMILES string of the molecule is CN[C@H](CC(C)C)C(=O)N[C@H]1C(=O)N[C@@H](CC(N)=O)C(=O)N[C@H]2C(=O)N[C@H]3C(=O)NC(C(=O)N[C@H](C(=O)O)c4cc(O)cc(O)c4-c4cc3ccc4O)[C@H](OC3CC(C)C(O)C(C)(N)C3)c3ccc(c(Cl)c3)Oc3cc2cc(c3OC2OC(CO)C(O)C(O)C2OC2CC(C)(NCc3ccc(-c4ccc(Cl)cc4)cc3)C(O)C(C)O2)Oc2ccc(cc2Cl)[C@H]1O. The summed E-state index contributed by atoms with van der Waals surface area (Å²) in [6.07, 6.45) is -20.7. The van der Waals surface area contributed by atoms with Gasteiger partial charge in [0.2, 0.25) is 53.4 Å². The van der Waals surface area contributed by atoms with Gasteiger partial charge in [-0.25, -0.2) is 4.79 Å². The second-order valence-corrected chi connectivity index (χ2v) is 34.5. The van der Waals surface area contributed by atoms with E-state index in [9.17, 15) is 65.4 Å². The van der Waals surface area contributed by atoms with E-state index in [0.717, 1.165) is 65.2 Å². The van der Waals surface area contributed by atoms with Crippen LogP contribution in [0.25, 0.3) is 22.3 Å². The number of aromatic hydroxyl groups is 3. The van der Waals surface area contributed by atoms with Gasteiger partial charge in [-0.1, -0.05) is 110 Å². The van der Waals surface area contributed by atoms with Gasteiger partial charge in [0.05, 0.1) is 53.5 Å². The number of aliphatic hydroxyl groups is 6. The van der Waals surface area contributed by atoms with E-state index in [1.54, 1.807) is 39.8 Å². The highest BCUT2D eigenvalue weighted by Crippen LogP contribution is 2.51. The van der Waals surface area contributed by atoms with Gasteiger partial charge in [-0.15, -0.1) is 0 Å². The number of fused-ring (bicyclic) bond motifs is 15. The van der Waals surface area contributed by atoms with E-state index in [2.05, 4.69) is 42.5 Å². The Morgan fingerprint density at radius 3 is 1.89 bits per heavy atom. The molecule has 7 heterocycles. The molecule has 11 bridgehead atoms. The molecule has 22 N–H and O–H groups in total. The first-order valence-corrected chi connectivity index (χ1v) is 41.5. The number of phenols is 3. The van der Waals surface area contributed by atoms with Gasteiger partial charge in [-0.05, 0) is 165 Å². The molecule has 668 valence electrons. The van der Waals surface area contributed by atoms with E-state index in [-0.39, 0.29) is 71.4 Å². The van der Waals surface area contributed by atoms with Crippen LogP contribution < -0.4 is 68.2 Å². The number of benzene rings is 7. The lowest BCUT2D eigenvalue weighted by Gasteiger charge is -2.48. The first kappa shape index (κ1) is 92.1. The monoisotopic (exact) mass is 1790 g/mol. The van der Waals surface area contributed by atoms with E-state index in [1.807, 2.05) is 50.2 Å². The quantitative estimate of drug-likeness (QED) is 0.0497. The fraction of sp³-hybridized carbons (Fsp3) is 0.425. The van der Waals surface area contributed by atoms with Gasteiger partial charge in [-0.2, -0.15) is 0 Å². The number of phenolic OH excluding ortho intramolecular Hbond substituents is 3. The molecule has 3 fully saturated rings. The molecule has 7 aromatic rings. The maximum atomic E-state index is 16.6. The molecule has 8 aliphatic rings. The largest absolute Gasteiger partial charge is 0.508 e. The van der Waals surface area contributed by atoms with Crippen molar-refractivity contribution in [3.8, 4) is 68.2 Å². The highest BCUT2D eigenvalue weighted by atomic mass is 35.5. The molecule has 38 heteroatoms. The number of likely N-dealkylation sites (N-methyl/N-ethyl adjacent to an activating group) is 1. The summed E-state index contributed by atoms with van der Waals surface area (Å²) in [5, 5.41) is 138. The standard InChI is InChI=1S/C87H99Cl3N10O25/c1-36(2)22-53(93-7)78(111)99-68-70(106)43-15-20-57(51(89)25-43)121-59-27-45-28-60(74(59)125-85-75(72(108)71(107)61(35-101)123-85)124-63-33-87(6,77(110)38(4)119-63)94-34-39-8-10-40(11-9-39)41-12-17-46(88)18-13-41)122-58-21-16-44(26-52(58)90)73(120-48-23-37(3)76(109)86(5,92)32-48)69-83(116)98-67(84(117)118)50-29-47(102)30-56(104)64(50)49-24-42(14-19-55(49)103)65(80(113)100-69)97-81(114)66(45)96-79(112)54(31-62(91)105)95-82(68)115/h8-21,24-30,36-38,48,53-54,61,63,65-73,75-77,85,93-94,101-104,106-110H,22-23,31-35,92H2,1-7H3,(H2,91,105)(H,95,115)(H,96,112)(H,97,114)(H,98,116)(H,99,111)(H,100,113)(H,117,118)/t37?,38?,48?,53-,54+,61?,63?,65-,66-,67+,68-,69?,70-,71?,72?,73-,75?,76?,77?,85?,86?,87?/m1/s1. The van der Waals surface area contributed by atoms with E-state index >= 15 is 24.0 Å². The van der Waals surface area contributed by atoms with Crippen molar-refractivity contribution in [2.24, 2.45) is 23.3 Å². The number of aliphatic carboxylic acids is 1. The lowest BCUT2D eigenvalue weighted by atomic mass is 9.74. The third-order valence-corrected chi connectivity index (χ3v) is 24.2. The Bertz CT molecular complexity index is 5250. The summed E-state index contributed by atoms with van der Waals surface area (Å²) in [4.78, 5) is 121. The molecule has 35 nitrogen and oxygen atoms in total. The number of carbonyl (C=O) groups excluding carboxylic acids is 7. The number of carbonyl (C=O) groups is 8. The highest BCUT2D eigenvalue weighted by molar-refractivity contribution is 6.32. The number of nitrogens with two attached hydrogens (primary N) is 2. The van der Waals surface area contributed by atoms with Crippen LogP contribution in [0, 0.1) is 11.8 Å². The van der Waals surface area contributed by atoms with Crippen LogP contribution in [0.5, 0.6) is 46.0 Å². The van der Waals surface area contributed by atoms with Gasteiger partial charge >= 0.3 is 5.97 Å². The Morgan fingerprint density at radius 2 is 1.27 bits per heavy atom. The van der Waals surface area contributed by atoms with Gasteiger partial charge in [0.25, 0.3) is 0 Å². The number of amides is 7. The summed E-state index contributed by atoms with van der Waals surface area (Å²) in [6, 6.07) is 15.0. The maximum absolute atomic E-state index is 16.6. The smallest absolute Gasteiger partial charge is 0.330 e. The minimum atomic E-state index is -2.38. The van der Waals surface area contributed by atoms with E-state index in [1.165, 1.54) is 37.4 Å². The second-order valence-electron chi connectivity index (χ2n) is 33.3. The van der Waals surface area contributed by atoms with Crippen molar-refractivity contribution in [3.05, 3.63) is 176 Å². The minimum absolute atomic E-state index is 0.0337. The Hall–Kier alpha value is -10.6. The van der Waals surface area contributed by atoms with Crippen molar-refractivity contribution in [1.82, 2.24) is 42.5 Å². The van der Waals surface area contributed by atoms with Gasteiger partial charge in [0.1, 0.15) is 89.5 Å². The molecular formula is C87H99Cl3N10O25. The minimum Gasteiger partial charge on any atom is -0.508 e. The van der Waals surface area contributed by atoms with Crippen molar-refractivity contribution >= 4 is 82.1 Å². The van der Waals surface area contributed by atoms with Crippen LogP contribution in [0.1, 0.15) is 137 Å². The zero-order valence-corrected chi connectivity index (χ0v) is 70.9. The van der Waals surface area contributed by atoms with E-state index < -0.39 is 255 Å². The molecule has 0 spiro atoms. The Kier molecular flexibility index (Phi) is 28.0. The molecule has 22 atom stereocenters. The second kappa shape index (κ2) is 37.9. The van der Waals surface area contributed by atoms with Crippen molar-refractivity contribution in [1.29, 1.82) is 0 Å². The predicted molar refractivity (Wildman–Crippen MR) is 448 cm³/mol. The molecular weight excluding hydrogens is 1690 g/mol. The Morgan fingerprint density at radius 1 is 0.656 bits per heavy atom. The number of halogens is 3. The number of nitrogens with one attached hydrogen (secondary N) is 8. The van der Waals surface area contributed by atoms with Crippen LogP contribution in [-0.4, -0.2) is 209 Å². The lowest BCUT2D eigenvalue weighted by molar-refractivity contribution is -0.334. The van der Waals surface area contributed by atoms with Crippen LogP contribution in [0.2, 0.25) is 15.1 Å². The van der Waals surface area contributed by atoms with Gasteiger partial charge in [-0.3, -0.25) is 33.6 Å². The summed E-state index contributed by atoms with van der Waals surface area (Å²) in [5.41, 5.74) is 10.0. The number of rotatable bonds is 19. The summed E-state index contributed by atoms with van der Waals surface area (Å²) < 4.78 is 47.0. The summed E-state index contributed by atoms with van der Waals surface area (Å²) in [5.74, 6) is -16.4. The van der Waals surface area contributed by atoms with Gasteiger partial charge in [0, 0.05) is 51.8 Å². The average Bonchev–Trinajstić information content (AvgIpc) is 0.617. The lowest BCUT2D eigenvalue weighted by Crippen LogP contribution is -2.65. The number of carboxylic acids is 1. The zero-order chi connectivity index (χ0) is 90.3. The Labute approximate surface area is 731 Å². The predicted octanol–water partition coefficient (Wildman–Crippen LogP) is 5.16. The molecule has 1 saturated carbocycles. The Balaban J connectivity index is 1.02. The maximum Gasteiger partial charge on any atom is 0.330 e. The normalized spacial score (nSPS) is 29.7. The molecule has 2 saturated heterocycles. The first-order chi connectivity index (χ1) is 59.2. The van der Waals surface area contributed by atoms with Crippen molar-refractivity contribution in [2.45, 2.75) is 207 Å². The third-order valence-electron chi connectivity index (χ3n) is 23.4. The fourth-order valence-electron chi connectivity index (χ4n) is 16.7. The van der Waals surface area contributed by atoms with Gasteiger partial charge in [0.15, 0.2) is 29.9 Å². The van der Waals surface area contributed by atoms with E-state index in [0.29, 0.717) is 5.02 Å². The number of ether oxygens (including phenoxy) is 7. The fourth-order valence-corrected chi connectivity index (χ4v) is 17.3. The summed E-state index contributed by atoms with van der Waals surface area (Å²) in [6.45, 7) is 9.40. The molecule has 7 aromatic carbocycles. The molecule has 7 amide bonds. The van der Waals surface area contributed by atoms with Crippen LogP contribution >= 0.6 is 34.8 Å². The molecule has 7 aliphatic heterocycles. The zero-order valence-electron chi connectivity index (χ0n) is 68.6. The number of hydrogen-bond acceptors (Lipinski definition) is 27. The third kappa shape index (κ3) is 20.2. The van der Waals surface area contributed by atoms with Crippen LogP contribution in [-0.2, 0) is 63.8 Å². The summed E-state index contributed by atoms with van der Waals surface area (Å²) in [7, 11) is 1.48. The number of carboxylic acid groups (broad SMARTS) is 1. The van der Waals surface area contributed by atoms with Crippen LogP contribution in [0.3, 0.4) is 0 Å². The number of hydrogen-bond donors (Lipinski definition) is 20. The van der Waals surface area contributed by atoms with Crippen molar-refractivity contribution < 1.29 is 123 Å².